The molecule has 3 rings (SSSR count). The molecule has 0 amide bonds. The molecule has 0 aliphatic carbocycles. The highest BCUT2D eigenvalue weighted by molar-refractivity contribution is 5.66. The molecule has 0 bridgehead atoms. The molecule has 2 nitrogen and oxygen atoms in total. The summed E-state index contributed by atoms with van der Waals surface area (Å²) < 4.78 is 81.5. The maximum Gasteiger partial charge on any atom is 0.398 e. The number of hydrogen-bond donors (Lipinski definition) is 0. The van der Waals surface area contributed by atoms with Crippen LogP contribution in [0, 0.1) is 5.82 Å². The molecular weight excluding hydrogens is 451 g/mol. The van der Waals surface area contributed by atoms with Crippen molar-refractivity contribution in [3.63, 3.8) is 0 Å². The number of aryl methyl sites for hydroxylation is 2. The Bertz CT molecular complexity index is 1060. The van der Waals surface area contributed by atoms with Crippen molar-refractivity contribution in [2.75, 3.05) is 6.61 Å². The first-order valence-corrected chi connectivity index (χ1v) is 11.2. The van der Waals surface area contributed by atoms with E-state index in [-0.39, 0.29) is 16.9 Å². The van der Waals surface area contributed by atoms with E-state index < -0.39 is 36.8 Å². The summed E-state index contributed by atoms with van der Waals surface area (Å²) >= 11 is 0. The molecule has 182 valence electrons. The Morgan fingerprint density at radius 2 is 1.47 bits per heavy atom. The summed E-state index contributed by atoms with van der Waals surface area (Å²) in [5.41, 5.74) is 0.310. The maximum atomic E-state index is 15.1. The lowest BCUT2D eigenvalue weighted by molar-refractivity contribution is -0.180. The van der Waals surface area contributed by atoms with E-state index in [9.17, 15) is 17.6 Å². The smallest absolute Gasteiger partial charge is 0.398 e. The molecule has 0 aromatic heterocycles. The van der Waals surface area contributed by atoms with Crippen molar-refractivity contribution >= 4 is 0 Å². The monoisotopic (exact) mass is 478 g/mol. The van der Waals surface area contributed by atoms with Gasteiger partial charge in [0, 0.05) is 5.56 Å². The zero-order chi connectivity index (χ0) is 24.7. The molecule has 0 radical (unpaired) electrons. The predicted octanol–water partition coefficient (Wildman–Crippen LogP) is 8.39. The largest absolute Gasteiger partial charge is 0.494 e. The van der Waals surface area contributed by atoms with Crippen LogP contribution in [0.5, 0.6) is 11.5 Å². The van der Waals surface area contributed by atoms with E-state index in [2.05, 4.69) is 0 Å². The highest BCUT2D eigenvalue weighted by Crippen LogP contribution is 2.35. The standard InChI is InChI=1S/C27H27F5O2/c1-3-5-18-6-11-22(12-7-18)34-27(31,32)17-16-20-10-15-23(25(28)24(20)26(29)30)19-8-13-21(14-9-19)33-4-2/h6-15,26H,3-5,16-17H2,1-2H3. The molecule has 0 unspecified atom stereocenters. The molecule has 0 atom stereocenters. The predicted molar refractivity (Wildman–Crippen MR) is 122 cm³/mol. The first-order valence-electron chi connectivity index (χ1n) is 11.2. The van der Waals surface area contributed by atoms with E-state index in [0.29, 0.717) is 17.9 Å². The Morgan fingerprint density at radius 1 is 0.824 bits per heavy atom. The van der Waals surface area contributed by atoms with Crippen LogP contribution < -0.4 is 9.47 Å². The van der Waals surface area contributed by atoms with Crippen molar-refractivity contribution < 1.29 is 31.4 Å². The zero-order valence-corrected chi connectivity index (χ0v) is 19.1. The third-order valence-electron chi connectivity index (χ3n) is 5.38. The quantitative estimate of drug-likeness (QED) is 0.258. The Morgan fingerprint density at radius 3 is 2.06 bits per heavy atom. The van der Waals surface area contributed by atoms with Gasteiger partial charge in [0.2, 0.25) is 0 Å². The third-order valence-corrected chi connectivity index (χ3v) is 5.38. The van der Waals surface area contributed by atoms with E-state index in [1.807, 2.05) is 13.8 Å². The fourth-order valence-electron chi connectivity index (χ4n) is 3.72. The second kappa shape index (κ2) is 11.4. The van der Waals surface area contributed by atoms with Crippen LogP contribution in [0.3, 0.4) is 0 Å². The average molecular weight is 479 g/mol. The molecule has 0 saturated carbocycles. The van der Waals surface area contributed by atoms with Crippen LogP contribution in [-0.4, -0.2) is 12.7 Å². The highest BCUT2D eigenvalue weighted by Gasteiger charge is 2.32. The molecule has 3 aromatic carbocycles. The van der Waals surface area contributed by atoms with Gasteiger partial charge in [-0.25, -0.2) is 13.2 Å². The summed E-state index contributed by atoms with van der Waals surface area (Å²) in [4.78, 5) is 0. The topological polar surface area (TPSA) is 18.5 Å². The van der Waals surface area contributed by atoms with E-state index in [0.717, 1.165) is 18.4 Å². The van der Waals surface area contributed by atoms with Crippen LogP contribution in [0.2, 0.25) is 0 Å². The highest BCUT2D eigenvalue weighted by atomic mass is 19.3. The van der Waals surface area contributed by atoms with Crippen LogP contribution >= 0.6 is 0 Å². The van der Waals surface area contributed by atoms with Gasteiger partial charge in [-0.15, -0.1) is 0 Å². The summed E-state index contributed by atoms with van der Waals surface area (Å²) in [5, 5.41) is 0. The first kappa shape index (κ1) is 25.5. The van der Waals surface area contributed by atoms with Crippen LogP contribution in [0.15, 0.2) is 60.7 Å². The summed E-state index contributed by atoms with van der Waals surface area (Å²) in [5.74, 6) is -0.567. The Hall–Kier alpha value is -3.09. The maximum absolute atomic E-state index is 15.1. The molecule has 0 spiro atoms. The minimum Gasteiger partial charge on any atom is -0.494 e. The van der Waals surface area contributed by atoms with Gasteiger partial charge in [-0.3, -0.25) is 0 Å². The minimum absolute atomic E-state index is 0.0176. The fourth-order valence-corrected chi connectivity index (χ4v) is 3.72. The molecule has 0 fully saturated rings. The minimum atomic E-state index is -3.60. The number of alkyl halides is 4. The van der Waals surface area contributed by atoms with Crippen LogP contribution in [0.1, 0.15) is 49.8 Å². The number of hydrogen-bond acceptors (Lipinski definition) is 2. The van der Waals surface area contributed by atoms with E-state index in [4.69, 9.17) is 9.47 Å². The van der Waals surface area contributed by atoms with Gasteiger partial charge < -0.3 is 9.47 Å². The lowest BCUT2D eigenvalue weighted by Crippen LogP contribution is -2.25. The van der Waals surface area contributed by atoms with Crippen molar-refractivity contribution in [1.82, 2.24) is 0 Å². The van der Waals surface area contributed by atoms with Gasteiger partial charge in [-0.2, -0.15) is 8.78 Å². The molecule has 0 saturated heterocycles. The fraction of sp³-hybridized carbons (Fsp3) is 0.333. The van der Waals surface area contributed by atoms with Gasteiger partial charge in [-0.1, -0.05) is 49.7 Å². The summed E-state index contributed by atoms with van der Waals surface area (Å²) in [6.45, 7) is 4.29. The van der Waals surface area contributed by atoms with E-state index in [1.165, 1.54) is 24.3 Å². The van der Waals surface area contributed by atoms with E-state index in [1.54, 1.807) is 36.4 Å². The average Bonchev–Trinajstić information content (AvgIpc) is 2.80. The van der Waals surface area contributed by atoms with Crippen LogP contribution in [0.4, 0.5) is 22.0 Å². The Labute approximate surface area is 196 Å². The normalized spacial score (nSPS) is 11.6. The first-order chi connectivity index (χ1) is 16.2. The summed E-state index contributed by atoms with van der Waals surface area (Å²) in [7, 11) is 0. The molecule has 0 aliphatic heterocycles. The van der Waals surface area contributed by atoms with Crippen LogP contribution in [-0.2, 0) is 12.8 Å². The van der Waals surface area contributed by atoms with Gasteiger partial charge >= 0.3 is 6.11 Å². The molecule has 0 heterocycles. The van der Waals surface area contributed by atoms with Gasteiger partial charge in [0.15, 0.2) is 0 Å². The lowest BCUT2D eigenvalue weighted by atomic mass is 9.95. The van der Waals surface area contributed by atoms with Crippen molar-refractivity contribution in [2.24, 2.45) is 0 Å². The second-order valence-corrected chi connectivity index (χ2v) is 7.89. The van der Waals surface area contributed by atoms with E-state index >= 15 is 4.39 Å². The molecule has 7 heteroatoms. The number of halogens is 5. The number of rotatable bonds is 11. The lowest BCUT2D eigenvalue weighted by Gasteiger charge is -2.20. The zero-order valence-electron chi connectivity index (χ0n) is 19.1. The summed E-state index contributed by atoms with van der Waals surface area (Å²) in [6.07, 6.45) is -6.34. The molecule has 0 N–H and O–H groups in total. The molecule has 0 aliphatic rings. The second-order valence-electron chi connectivity index (χ2n) is 7.89. The van der Waals surface area contributed by atoms with Crippen molar-refractivity contribution in [3.8, 4) is 22.6 Å². The number of ether oxygens (including phenoxy) is 2. The van der Waals surface area contributed by atoms with Gasteiger partial charge in [0.05, 0.1) is 18.6 Å². The van der Waals surface area contributed by atoms with Gasteiger partial charge in [0.1, 0.15) is 17.3 Å². The number of benzene rings is 3. The Balaban J connectivity index is 1.76. The molecule has 34 heavy (non-hydrogen) atoms. The third kappa shape index (κ3) is 6.49. The molecular formula is C27H27F5O2. The van der Waals surface area contributed by atoms with Crippen molar-refractivity contribution in [2.45, 2.75) is 52.1 Å². The van der Waals surface area contributed by atoms with Gasteiger partial charge in [-0.05, 0) is 60.7 Å². The van der Waals surface area contributed by atoms with Crippen molar-refractivity contribution in [1.29, 1.82) is 0 Å². The SMILES string of the molecule is CCCc1ccc(OC(F)(F)CCc2ccc(-c3ccc(OCC)cc3)c(F)c2C(F)F)cc1. The summed E-state index contributed by atoms with van der Waals surface area (Å²) in [6, 6.07) is 15.3. The molecule has 3 aromatic rings. The van der Waals surface area contributed by atoms with Gasteiger partial charge in [0.25, 0.3) is 6.43 Å². The van der Waals surface area contributed by atoms with Crippen molar-refractivity contribution in [3.05, 3.63) is 83.2 Å². The van der Waals surface area contributed by atoms with Crippen LogP contribution in [0.25, 0.3) is 11.1 Å². The Kier molecular flexibility index (Phi) is 8.53.